The van der Waals surface area contributed by atoms with Gasteiger partial charge in [-0.25, -0.2) is 4.98 Å². The first-order valence-corrected chi connectivity index (χ1v) is 6.15. The standard InChI is InChI=1S/C11H7BrCl2N2O/c12-6-3-9(14)11(16-5-6)17-10-4-7(15)1-2-8(10)13/h1-5H,15H2. The second kappa shape index (κ2) is 5.12. The van der Waals surface area contributed by atoms with Crippen molar-refractivity contribution in [1.82, 2.24) is 4.98 Å². The summed E-state index contributed by atoms with van der Waals surface area (Å²) >= 11 is 15.2. The second-order valence-electron chi connectivity index (χ2n) is 3.23. The number of anilines is 1. The van der Waals surface area contributed by atoms with E-state index in [1.165, 1.54) is 0 Å². The van der Waals surface area contributed by atoms with Crippen LogP contribution in [0.2, 0.25) is 10.0 Å². The third-order valence-corrected chi connectivity index (χ3v) is 2.95. The summed E-state index contributed by atoms with van der Waals surface area (Å²) < 4.78 is 6.27. The number of nitrogens with two attached hydrogens (primary N) is 1. The summed E-state index contributed by atoms with van der Waals surface area (Å²) in [6.07, 6.45) is 1.58. The molecule has 0 bridgehead atoms. The summed E-state index contributed by atoms with van der Waals surface area (Å²) in [5, 5.41) is 0.831. The van der Waals surface area contributed by atoms with Gasteiger partial charge in [0.25, 0.3) is 0 Å². The van der Waals surface area contributed by atoms with Crippen molar-refractivity contribution in [2.45, 2.75) is 0 Å². The number of halogens is 3. The summed E-state index contributed by atoms with van der Waals surface area (Å²) in [6, 6.07) is 6.64. The minimum absolute atomic E-state index is 0.280. The first-order chi connectivity index (χ1) is 8.06. The van der Waals surface area contributed by atoms with E-state index in [1.807, 2.05) is 0 Å². The van der Waals surface area contributed by atoms with Crippen LogP contribution in [0.25, 0.3) is 0 Å². The minimum Gasteiger partial charge on any atom is -0.436 e. The number of nitrogen functional groups attached to an aromatic ring is 1. The molecule has 1 aromatic carbocycles. The van der Waals surface area contributed by atoms with E-state index in [2.05, 4.69) is 20.9 Å². The van der Waals surface area contributed by atoms with Crippen molar-refractivity contribution < 1.29 is 4.74 Å². The lowest BCUT2D eigenvalue weighted by Gasteiger charge is -2.08. The number of pyridine rings is 1. The van der Waals surface area contributed by atoms with Crippen molar-refractivity contribution in [3.8, 4) is 11.6 Å². The van der Waals surface area contributed by atoms with E-state index in [4.69, 9.17) is 33.7 Å². The van der Waals surface area contributed by atoms with Crippen LogP contribution in [-0.2, 0) is 0 Å². The highest BCUT2D eigenvalue weighted by atomic mass is 79.9. The molecule has 1 aromatic heterocycles. The lowest BCUT2D eigenvalue weighted by molar-refractivity contribution is 0.463. The molecule has 0 aliphatic rings. The first kappa shape index (κ1) is 12.5. The van der Waals surface area contributed by atoms with Gasteiger partial charge in [0.05, 0.1) is 5.02 Å². The maximum atomic E-state index is 5.98. The maximum Gasteiger partial charge on any atom is 0.238 e. The zero-order valence-electron chi connectivity index (χ0n) is 8.45. The molecule has 3 nitrogen and oxygen atoms in total. The molecule has 1 heterocycles. The smallest absolute Gasteiger partial charge is 0.238 e. The number of ether oxygens (including phenoxy) is 1. The van der Waals surface area contributed by atoms with Gasteiger partial charge in [0.1, 0.15) is 10.8 Å². The zero-order chi connectivity index (χ0) is 12.4. The average Bonchev–Trinajstić information content (AvgIpc) is 2.27. The summed E-state index contributed by atoms with van der Waals surface area (Å²) in [5.41, 5.74) is 6.20. The molecule has 0 saturated heterocycles. The third kappa shape index (κ3) is 3.03. The molecule has 0 saturated carbocycles. The van der Waals surface area contributed by atoms with Crippen molar-refractivity contribution >= 4 is 44.8 Å². The van der Waals surface area contributed by atoms with E-state index in [9.17, 15) is 0 Å². The van der Waals surface area contributed by atoms with Crippen LogP contribution in [-0.4, -0.2) is 4.98 Å². The Labute approximate surface area is 117 Å². The Morgan fingerprint density at radius 2 is 1.94 bits per heavy atom. The predicted octanol–water partition coefficient (Wildman–Crippen LogP) is 4.53. The molecule has 2 rings (SSSR count). The molecule has 2 N–H and O–H groups in total. The van der Waals surface area contributed by atoms with Crippen LogP contribution < -0.4 is 10.5 Å². The number of benzene rings is 1. The highest BCUT2D eigenvalue weighted by Crippen LogP contribution is 2.34. The highest BCUT2D eigenvalue weighted by molar-refractivity contribution is 9.10. The number of rotatable bonds is 2. The molecule has 0 fully saturated rings. The normalized spacial score (nSPS) is 10.3. The van der Waals surface area contributed by atoms with E-state index >= 15 is 0 Å². The predicted molar refractivity (Wildman–Crippen MR) is 72.9 cm³/mol. The Bertz CT molecular complexity index is 563. The second-order valence-corrected chi connectivity index (χ2v) is 4.96. The Kier molecular flexibility index (Phi) is 3.76. The first-order valence-electron chi connectivity index (χ1n) is 4.60. The molecule has 2 aromatic rings. The van der Waals surface area contributed by atoms with Crippen molar-refractivity contribution in [3.05, 3.63) is 45.0 Å². The van der Waals surface area contributed by atoms with Gasteiger partial charge >= 0.3 is 0 Å². The van der Waals surface area contributed by atoms with E-state index in [0.717, 1.165) is 4.47 Å². The number of hydrogen-bond acceptors (Lipinski definition) is 3. The fourth-order valence-corrected chi connectivity index (χ4v) is 2.00. The molecule has 0 unspecified atom stereocenters. The number of nitrogens with zero attached hydrogens (tertiary/aromatic N) is 1. The van der Waals surface area contributed by atoms with Gasteiger partial charge in [-0.2, -0.15) is 0 Å². The van der Waals surface area contributed by atoms with Crippen LogP contribution in [0.15, 0.2) is 34.9 Å². The summed E-state index contributed by atoms with van der Waals surface area (Å²) in [4.78, 5) is 4.04. The average molecular weight is 334 g/mol. The zero-order valence-corrected chi connectivity index (χ0v) is 11.6. The molecule has 0 atom stereocenters. The van der Waals surface area contributed by atoms with Crippen LogP contribution in [0.1, 0.15) is 0 Å². The molecule has 0 amide bonds. The lowest BCUT2D eigenvalue weighted by atomic mass is 10.3. The molecule has 0 aliphatic carbocycles. The molecule has 0 aliphatic heterocycles. The van der Waals surface area contributed by atoms with Crippen LogP contribution in [0.4, 0.5) is 5.69 Å². The van der Waals surface area contributed by atoms with E-state index in [-0.39, 0.29) is 5.88 Å². The van der Waals surface area contributed by atoms with Crippen molar-refractivity contribution in [3.63, 3.8) is 0 Å². The van der Waals surface area contributed by atoms with E-state index in [1.54, 1.807) is 30.5 Å². The highest BCUT2D eigenvalue weighted by Gasteiger charge is 2.08. The SMILES string of the molecule is Nc1ccc(Cl)c(Oc2ncc(Br)cc2Cl)c1. The van der Waals surface area contributed by atoms with Gasteiger partial charge in [-0.05, 0) is 34.1 Å². The van der Waals surface area contributed by atoms with E-state index in [0.29, 0.717) is 21.5 Å². The summed E-state index contributed by atoms with van der Waals surface area (Å²) in [6.45, 7) is 0. The Hall–Kier alpha value is -0.970. The Morgan fingerprint density at radius 3 is 2.65 bits per heavy atom. The van der Waals surface area contributed by atoms with Crippen molar-refractivity contribution in [2.24, 2.45) is 0 Å². The molecule has 88 valence electrons. The molecular formula is C11H7BrCl2N2O. The van der Waals surface area contributed by atoms with Gasteiger partial charge in [0.15, 0.2) is 0 Å². The Morgan fingerprint density at radius 1 is 1.18 bits per heavy atom. The number of aromatic nitrogens is 1. The molecule has 0 spiro atoms. The molecular weight excluding hydrogens is 327 g/mol. The minimum atomic E-state index is 0.280. The summed E-state index contributed by atoms with van der Waals surface area (Å²) in [7, 11) is 0. The van der Waals surface area contributed by atoms with Crippen LogP contribution >= 0.6 is 39.1 Å². The van der Waals surface area contributed by atoms with Gasteiger partial charge in [0, 0.05) is 22.4 Å². The fourth-order valence-electron chi connectivity index (χ4n) is 1.18. The van der Waals surface area contributed by atoms with Gasteiger partial charge in [-0.1, -0.05) is 23.2 Å². The van der Waals surface area contributed by atoms with Crippen LogP contribution in [0, 0.1) is 0 Å². The fraction of sp³-hybridized carbons (Fsp3) is 0. The topological polar surface area (TPSA) is 48.1 Å². The monoisotopic (exact) mass is 332 g/mol. The van der Waals surface area contributed by atoms with Gasteiger partial charge in [-0.3, -0.25) is 0 Å². The molecule has 17 heavy (non-hydrogen) atoms. The van der Waals surface area contributed by atoms with Crippen molar-refractivity contribution in [2.75, 3.05) is 5.73 Å². The largest absolute Gasteiger partial charge is 0.436 e. The maximum absolute atomic E-state index is 5.98. The van der Waals surface area contributed by atoms with Crippen molar-refractivity contribution in [1.29, 1.82) is 0 Å². The van der Waals surface area contributed by atoms with Gasteiger partial charge < -0.3 is 10.5 Å². The van der Waals surface area contributed by atoms with Crippen LogP contribution in [0.5, 0.6) is 11.6 Å². The van der Waals surface area contributed by atoms with Crippen LogP contribution in [0.3, 0.4) is 0 Å². The quantitative estimate of drug-likeness (QED) is 0.821. The molecule has 6 heteroatoms. The van der Waals surface area contributed by atoms with Gasteiger partial charge in [-0.15, -0.1) is 0 Å². The van der Waals surface area contributed by atoms with Gasteiger partial charge in [0.2, 0.25) is 5.88 Å². The summed E-state index contributed by atoms with van der Waals surface area (Å²) in [5.74, 6) is 0.700. The molecule has 0 radical (unpaired) electrons. The third-order valence-electron chi connectivity index (χ3n) is 1.94. The lowest BCUT2D eigenvalue weighted by Crippen LogP contribution is -1.92. The Balaban J connectivity index is 2.34. The van der Waals surface area contributed by atoms with E-state index < -0.39 is 0 Å². The number of hydrogen-bond donors (Lipinski definition) is 1.